The Hall–Kier alpha value is -3.21. The zero-order valence-electron chi connectivity index (χ0n) is 17.2. The number of rotatable bonds is 5. The molecule has 170 valence electrons. The minimum absolute atomic E-state index is 0.199. The van der Waals surface area contributed by atoms with Crippen molar-refractivity contribution < 1.29 is 22.0 Å². The van der Waals surface area contributed by atoms with Crippen LogP contribution >= 0.6 is 0 Å². The summed E-state index contributed by atoms with van der Waals surface area (Å²) in [6.07, 6.45) is -2.85. The zero-order chi connectivity index (χ0) is 22.9. The summed E-state index contributed by atoms with van der Waals surface area (Å²) in [4.78, 5) is 7.57. The Labute approximate surface area is 181 Å². The highest BCUT2D eigenvalue weighted by Gasteiger charge is 2.32. The molecule has 1 fully saturated rings. The third-order valence-electron chi connectivity index (χ3n) is 5.21. The Bertz CT molecular complexity index is 1070. The van der Waals surface area contributed by atoms with Crippen molar-refractivity contribution in [2.24, 2.45) is 0 Å². The summed E-state index contributed by atoms with van der Waals surface area (Å²) in [5, 5.41) is 7.31. The fourth-order valence-electron chi connectivity index (χ4n) is 3.60. The molecule has 6 nitrogen and oxygen atoms in total. The number of nitrogens with one attached hydrogen (secondary N) is 1. The summed E-state index contributed by atoms with van der Waals surface area (Å²) < 4.78 is 66.0. The molecule has 1 aromatic heterocycles. The van der Waals surface area contributed by atoms with Crippen LogP contribution in [0.5, 0.6) is 0 Å². The smallest absolute Gasteiger partial charge is 0.369 e. The van der Waals surface area contributed by atoms with E-state index in [1.54, 1.807) is 0 Å². The number of alkyl halides is 3. The van der Waals surface area contributed by atoms with Crippen LogP contribution in [-0.4, -0.2) is 58.6 Å². The van der Waals surface area contributed by atoms with E-state index in [9.17, 15) is 22.0 Å². The van der Waals surface area contributed by atoms with E-state index in [0.29, 0.717) is 26.2 Å². The molecule has 0 amide bonds. The van der Waals surface area contributed by atoms with Crippen LogP contribution in [0.1, 0.15) is 5.56 Å². The van der Waals surface area contributed by atoms with Gasteiger partial charge >= 0.3 is 6.18 Å². The zero-order valence-corrected chi connectivity index (χ0v) is 17.2. The van der Waals surface area contributed by atoms with Gasteiger partial charge in [0.15, 0.2) is 0 Å². The third kappa shape index (κ3) is 5.34. The SMILES string of the molecule is Cc1ccc(N2CCN(CC(F)(F)F)CC2)cc1Nc1ncn(-c2cc(F)cc(F)c2)n1. The second-order valence-electron chi connectivity index (χ2n) is 7.64. The van der Waals surface area contributed by atoms with Crippen LogP contribution in [0.2, 0.25) is 0 Å². The fourth-order valence-corrected chi connectivity index (χ4v) is 3.60. The molecule has 0 spiro atoms. The van der Waals surface area contributed by atoms with Gasteiger partial charge in [-0.05, 0) is 36.8 Å². The highest BCUT2D eigenvalue weighted by Crippen LogP contribution is 2.27. The summed E-state index contributed by atoms with van der Waals surface area (Å²) in [5.41, 5.74) is 2.71. The topological polar surface area (TPSA) is 49.2 Å². The minimum Gasteiger partial charge on any atom is -0.369 e. The average Bonchev–Trinajstić information content (AvgIpc) is 3.17. The molecule has 1 aliphatic rings. The summed E-state index contributed by atoms with van der Waals surface area (Å²) in [7, 11) is 0. The van der Waals surface area contributed by atoms with Crippen molar-refractivity contribution in [2.45, 2.75) is 13.1 Å². The minimum atomic E-state index is -4.20. The number of hydrogen-bond acceptors (Lipinski definition) is 5. The van der Waals surface area contributed by atoms with Crippen LogP contribution in [-0.2, 0) is 0 Å². The summed E-state index contributed by atoms with van der Waals surface area (Å²) in [6.45, 7) is 2.61. The maximum absolute atomic E-state index is 13.5. The molecule has 1 aliphatic heterocycles. The molecular formula is C21H21F5N6. The van der Waals surface area contributed by atoms with Gasteiger partial charge in [-0.2, -0.15) is 18.2 Å². The predicted molar refractivity (Wildman–Crippen MR) is 110 cm³/mol. The number of aromatic nitrogens is 3. The van der Waals surface area contributed by atoms with Gasteiger partial charge in [0.05, 0.1) is 12.2 Å². The molecule has 11 heteroatoms. The van der Waals surface area contributed by atoms with Crippen LogP contribution in [0.3, 0.4) is 0 Å². The van der Waals surface area contributed by atoms with Gasteiger partial charge < -0.3 is 10.2 Å². The molecule has 2 aromatic carbocycles. The summed E-state index contributed by atoms with van der Waals surface area (Å²) in [6, 6.07) is 8.77. The first-order valence-electron chi connectivity index (χ1n) is 9.96. The van der Waals surface area contributed by atoms with E-state index < -0.39 is 24.4 Å². The van der Waals surface area contributed by atoms with Crippen molar-refractivity contribution in [1.82, 2.24) is 19.7 Å². The third-order valence-corrected chi connectivity index (χ3v) is 5.21. The van der Waals surface area contributed by atoms with Gasteiger partial charge in [-0.3, -0.25) is 4.90 Å². The second-order valence-corrected chi connectivity index (χ2v) is 7.64. The Balaban J connectivity index is 1.46. The van der Waals surface area contributed by atoms with Crippen molar-refractivity contribution in [2.75, 3.05) is 42.9 Å². The highest BCUT2D eigenvalue weighted by atomic mass is 19.4. The van der Waals surface area contributed by atoms with Gasteiger partial charge in [-0.15, -0.1) is 5.10 Å². The number of aryl methyl sites for hydroxylation is 1. The van der Waals surface area contributed by atoms with E-state index in [-0.39, 0.29) is 11.6 Å². The van der Waals surface area contributed by atoms with E-state index in [4.69, 9.17) is 0 Å². The first-order valence-corrected chi connectivity index (χ1v) is 9.96. The Kier molecular flexibility index (Phi) is 6.00. The maximum atomic E-state index is 13.5. The lowest BCUT2D eigenvalue weighted by Gasteiger charge is -2.36. The normalized spacial score (nSPS) is 15.2. The van der Waals surface area contributed by atoms with E-state index in [1.807, 2.05) is 30.0 Å². The Morgan fingerprint density at radius 3 is 2.28 bits per heavy atom. The monoisotopic (exact) mass is 452 g/mol. The predicted octanol–water partition coefficient (Wildman–Crippen LogP) is 4.28. The summed E-state index contributed by atoms with van der Waals surface area (Å²) in [5.74, 6) is -1.20. The molecule has 2 heterocycles. The highest BCUT2D eigenvalue weighted by molar-refractivity contribution is 5.66. The van der Waals surface area contributed by atoms with Crippen molar-refractivity contribution in [3.63, 3.8) is 0 Å². The molecule has 0 saturated carbocycles. The van der Waals surface area contributed by atoms with E-state index >= 15 is 0 Å². The molecule has 0 unspecified atom stereocenters. The van der Waals surface area contributed by atoms with Crippen molar-refractivity contribution in [3.05, 3.63) is 59.9 Å². The van der Waals surface area contributed by atoms with Crippen LogP contribution in [0.25, 0.3) is 5.69 Å². The number of piperazine rings is 1. The van der Waals surface area contributed by atoms with E-state index in [1.165, 1.54) is 15.9 Å². The molecule has 1 N–H and O–H groups in total. The molecule has 1 saturated heterocycles. The number of anilines is 3. The van der Waals surface area contributed by atoms with Gasteiger partial charge in [-0.1, -0.05) is 6.07 Å². The Morgan fingerprint density at radius 2 is 1.62 bits per heavy atom. The standard InChI is InChI=1S/C21H21F5N6/c1-14-2-3-17(31-6-4-30(5-7-31)12-21(24,25)26)11-19(14)28-20-27-13-32(29-20)18-9-15(22)8-16(23)10-18/h2-3,8-11,13H,4-7,12H2,1H3,(H,28,29). The molecule has 0 aliphatic carbocycles. The van der Waals surface area contributed by atoms with Crippen LogP contribution < -0.4 is 10.2 Å². The van der Waals surface area contributed by atoms with Crippen LogP contribution in [0.4, 0.5) is 39.3 Å². The lowest BCUT2D eigenvalue weighted by molar-refractivity contribution is -0.146. The molecular weight excluding hydrogens is 431 g/mol. The largest absolute Gasteiger partial charge is 0.401 e. The van der Waals surface area contributed by atoms with Crippen molar-refractivity contribution in [3.8, 4) is 5.69 Å². The van der Waals surface area contributed by atoms with Gasteiger partial charge in [0.25, 0.3) is 0 Å². The van der Waals surface area contributed by atoms with Crippen molar-refractivity contribution >= 4 is 17.3 Å². The first-order chi connectivity index (χ1) is 15.2. The van der Waals surface area contributed by atoms with Crippen molar-refractivity contribution in [1.29, 1.82) is 0 Å². The van der Waals surface area contributed by atoms with Crippen LogP contribution in [0, 0.1) is 18.6 Å². The quantitative estimate of drug-likeness (QED) is 0.586. The number of nitrogens with zero attached hydrogens (tertiary/aromatic N) is 5. The van der Waals surface area contributed by atoms with Gasteiger partial charge in [0.2, 0.25) is 5.95 Å². The second kappa shape index (κ2) is 8.73. The van der Waals surface area contributed by atoms with E-state index in [0.717, 1.165) is 35.1 Å². The maximum Gasteiger partial charge on any atom is 0.401 e. The van der Waals surface area contributed by atoms with Crippen LogP contribution in [0.15, 0.2) is 42.7 Å². The lowest BCUT2D eigenvalue weighted by Crippen LogP contribution is -2.49. The lowest BCUT2D eigenvalue weighted by atomic mass is 10.1. The van der Waals surface area contributed by atoms with Gasteiger partial charge in [-0.25, -0.2) is 13.5 Å². The number of hydrogen-bond donors (Lipinski definition) is 1. The van der Waals surface area contributed by atoms with Gasteiger partial charge in [0.1, 0.15) is 18.0 Å². The first kappa shape index (κ1) is 22.0. The average molecular weight is 452 g/mol. The number of halogens is 5. The molecule has 0 bridgehead atoms. The van der Waals surface area contributed by atoms with Gasteiger partial charge in [0, 0.05) is 43.6 Å². The van der Waals surface area contributed by atoms with E-state index in [2.05, 4.69) is 15.4 Å². The molecule has 3 aromatic rings. The Morgan fingerprint density at radius 1 is 0.938 bits per heavy atom. The fraction of sp³-hybridized carbons (Fsp3) is 0.333. The molecule has 32 heavy (non-hydrogen) atoms. The summed E-state index contributed by atoms with van der Waals surface area (Å²) >= 11 is 0. The molecule has 4 rings (SSSR count). The molecule has 0 radical (unpaired) electrons. The number of benzene rings is 2. The molecule has 0 atom stereocenters.